The Labute approximate surface area is 132 Å². The zero-order valence-electron chi connectivity index (χ0n) is 11.2. The highest BCUT2D eigenvalue weighted by molar-refractivity contribution is 9.10. The molecule has 0 fully saturated rings. The number of rotatable bonds is 5. The Bertz CT molecular complexity index is 568. The summed E-state index contributed by atoms with van der Waals surface area (Å²) in [6.45, 7) is 2.89. The molecule has 2 aromatic carbocycles. The Balaban J connectivity index is 2.47. The van der Waals surface area contributed by atoms with Gasteiger partial charge in [0.05, 0.1) is 6.04 Å². The van der Waals surface area contributed by atoms with E-state index in [-0.39, 0.29) is 11.9 Å². The first-order chi connectivity index (χ1) is 9.63. The molecule has 0 heterocycles. The highest BCUT2D eigenvalue weighted by atomic mass is 79.9. The van der Waals surface area contributed by atoms with Crippen LogP contribution in [0.15, 0.2) is 46.9 Å². The van der Waals surface area contributed by atoms with Gasteiger partial charge in [0.15, 0.2) is 0 Å². The topological polar surface area (TPSA) is 12.0 Å². The van der Waals surface area contributed by atoms with Gasteiger partial charge in [0.2, 0.25) is 0 Å². The first kappa shape index (κ1) is 15.5. The van der Waals surface area contributed by atoms with Crippen LogP contribution in [-0.4, -0.2) is 6.54 Å². The maximum absolute atomic E-state index is 14.2. The summed E-state index contributed by atoms with van der Waals surface area (Å²) in [5.74, 6) is -0.229. The molecule has 0 spiro atoms. The van der Waals surface area contributed by atoms with Gasteiger partial charge in [-0.2, -0.15) is 0 Å². The summed E-state index contributed by atoms with van der Waals surface area (Å²) in [5, 5.41) is 4.03. The van der Waals surface area contributed by atoms with E-state index in [9.17, 15) is 4.39 Å². The van der Waals surface area contributed by atoms with E-state index in [0.717, 1.165) is 23.0 Å². The third-order valence-corrected chi connectivity index (χ3v) is 4.00. The molecule has 0 aliphatic carbocycles. The van der Waals surface area contributed by atoms with Crippen molar-refractivity contribution in [1.29, 1.82) is 0 Å². The summed E-state index contributed by atoms with van der Waals surface area (Å²) < 4.78 is 15.0. The Morgan fingerprint density at radius 1 is 1.25 bits per heavy atom. The molecule has 1 N–H and O–H groups in total. The summed E-state index contributed by atoms with van der Waals surface area (Å²) in [5.41, 5.74) is 1.57. The maximum Gasteiger partial charge on any atom is 0.129 e. The minimum atomic E-state index is -0.229. The molecule has 20 heavy (non-hydrogen) atoms. The Morgan fingerprint density at radius 3 is 2.65 bits per heavy atom. The van der Waals surface area contributed by atoms with E-state index in [1.54, 1.807) is 6.07 Å². The number of halogens is 3. The fourth-order valence-corrected chi connectivity index (χ4v) is 2.92. The van der Waals surface area contributed by atoms with Crippen molar-refractivity contribution in [2.75, 3.05) is 6.54 Å². The number of nitrogens with one attached hydrogen (secondary N) is 1. The van der Waals surface area contributed by atoms with Gasteiger partial charge in [-0.25, -0.2) is 4.39 Å². The molecule has 1 nitrogen and oxygen atoms in total. The summed E-state index contributed by atoms with van der Waals surface area (Å²) in [6.07, 6.45) is 0.975. The van der Waals surface area contributed by atoms with Crippen LogP contribution in [0.4, 0.5) is 4.39 Å². The van der Waals surface area contributed by atoms with E-state index in [1.165, 1.54) is 6.07 Å². The minimum absolute atomic E-state index is 0.218. The zero-order valence-corrected chi connectivity index (χ0v) is 13.5. The van der Waals surface area contributed by atoms with Crippen molar-refractivity contribution in [1.82, 2.24) is 5.32 Å². The Hall–Kier alpha value is -0.900. The first-order valence-corrected chi connectivity index (χ1v) is 7.73. The number of hydrogen-bond donors (Lipinski definition) is 1. The average Bonchev–Trinajstić information content (AvgIpc) is 2.42. The van der Waals surface area contributed by atoms with Crippen molar-refractivity contribution >= 4 is 27.5 Å². The van der Waals surface area contributed by atoms with E-state index in [2.05, 4.69) is 28.2 Å². The van der Waals surface area contributed by atoms with Crippen molar-refractivity contribution < 1.29 is 4.39 Å². The van der Waals surface area contributed by atoms with Crippen LogP contribution >= 0.6 is 27.5 Å². The fraction of sp³-hybridized carbons (Fsp3) is 0.250. The van der Waals surface area contributed by atoms with Crippen LogP contribution < -0.4 is 5.32 Å². The average molecular weight is 357 g/mol. The lowest BCUT2D eigenvalue weighted by Crippen LogP contribution is -2.24. The molecule has 0 aliphatic heterocycles. The maximum atomic E-state index is 14.2. The van der Waals surface area contributed by atoms with Crippen LogP contribution in [0.3, 0.4) is 0 Å². The fourth-order valence-electron chi connectivity index (χ4n) is 2.15. The van der Waals surface area contributed by atoms with Crippen LogP contribution in [0.25, 0.3) is 0 Å². The molecular formula is C16H16BrClFN. The lowest BCUT2D eigenvalue weighted by Gasteiger charge is -2.21. The predicted molar refractivity (Wildman–Crippen MR) is 85.7 cm³/mol. The Kier molecular flexibility index (Phi) is 5.58. The van der Waals surface area contributed by atoms with Gasteiger partial charge in [-0.15, -0.1) is 0 Å². The van der Waals surface area contributed by atoms with Crippen LogP contribution in [0.1, 0.15) is 30.5 Å². The first-order valence-electron chi connectivity index (χ1n) is 6.56. The monoisotopic (exact) mass is 355 g/mol. The smallest absolute Gasteiger partial charge is 0.129 e. The molecule has 0 bridgehead atoms. The van der Waals surface area contributed by atoms with Gasteiger partial charge < -0.3 is 5.32 Å². The van der Waals surface area contributed by atoms with Crippen molar-refractivity contribution in [3.63, 3.8) is 0 Å². The van der Waals surface area contributed by atoms with Gasteiger partial charge in [0, 0.05) is 15.1 Å². The number of hydrogen-bond acceptors (Lipinski definition) is 1. The van der Waals surface area contributed by atoms with E-state index in [4.69, 9.17) is 11.6 Å². The largest absolute Gasteiger partial charge is 0.306 e. The molecule has 1 unspecified atom stereocenters. The molecule has 2 rings (SSSR count). The second-order valence-electron chi connectivity index (χ2n) is 4.58. The quantitative estimate of drug-likeness (QED) is 0.763. The lowest BCUT2D eigenvalue weighted by atomic mass is 9.98. The van der Waals surface area contributed by atoms with Crippen LogP contribution in [0.2, 0.25) is 5.02 Å². The van der Waals surface area contributed by atoms with Crippen molar-refractivity contribution in [2.45, 2.75) is 19.4 Å². The van der Waals surface area contributed by atoms with Crippen molar-refractivity contribution in [3.05, 3.63) is 68.9 Å². The molecule has 4 heteroatoms. The highest BCUT2D eigenvalue weighted by Crippen LogP contribution is 2.31. The SMILES string of the molecule is CCCNC(c1cccc(Cl)c1)c1c(F)cccc1Br. The second kappa shape index (κ2) is 7.21. The van der Waals surface area contributed by atoms with Gasteiger partial charge in [-0.1, -0.05) is 52.7 Å². The van der Waals surface area contributed by atoms with E-state index < -0.39 is 0 Å². The lowest BCUT2D eigenvalue weighted by molar-refractivity contribution is 0.544. The highest BCUT2D eigenvalue weighted by Gasteiger charge is 2.20. The number of benzene rings is 2. The van der Waals surface area contributed by atoms with Crippen LogP contribution in [0.5, 0.6) is 0 Å². The molecular weight excluding hydrogens is 341 g/mol. The van der Waals surface area contributed by atoms with E-state index >= 15 is 0 Å². The summed E-state index contributed by atoms with van der Waals surface area (Å²) >= 11 is 9.50. The molecule has 0 saturated carbocycles. The summed E-state index contributed by atoms with van der Waals surface area (Å²) in [6, 6.07) is 12.3. The van der Waals surface area contributed by atoms with Gasteiger partial charge in [0.25, 0.3) is 0 Å². The van der Waals surface area contributed by atoms with Crippen LogP contribution in [0, 0.1) is 5.82 Å². The van der Waals surface area contributed by atoms with E-state index in [1.807, 2.05) is 30.3 Å². The van der Waals surface area contributed by atoms with Gasteiger partial charge in [-0.3, -0.25) is 0 Å². The molecule has 0 radical (unpaired) electrons. The normalized spacial score (nSPS) is 12.4. The van der Waals surface area contributed by atoms with E-state index in [0.29, 0.717) is 10.6 Å². The molecule has 0 amide bonds. The van der Waals surface area contributed by atoms with Crippen LogP contribution in [-0.2, 0) is 0 Å². The van der Waals surface area contributed by atoms with Crippen molar-refractivity contribution in [2.24, 2.45) is 0 Å². The Morgan fingerprint density at radius 2 is 2.00 bits per heavy atom. The van der Waals surface area contributed by atoms with Gasteiger partial charge in [0.1, 0.15) is 5.82 Å². The summed E-state index contributed by atoms with van der Waals surface area (Å²) in [7, 11) is 0. The molecule has 106 valence electrons. The van der Waals surface area contributed by atoms with Gasteiger partial charge in [-0.05, 0) is 42.8 Å². The third kappa shape index (κ3) is 3.60. The standard InChI is InChI=1S/C16H16BrClFN/c1-2-9-20-16(11-5-3-6-12(18)10-11)15-13(17)7-4-8-14(15)19/h3-8,10,16,20H,2,9H2,1H3. The molecule has 0 aliphatic rings. The molecule has 1 atom stereocenters. The zero-order chi connectivity index (χ0) is 14.5. The summed E-state index contributed by atoms with van der Waals surface area (Å²) in [4.78, 5) is 0. The molecule has 0 aromatic heterocycles. The second-order valence-corrected chi connectivity index (χ2v) is 5.87. The van der Waals surface area contributed by atoms with Crippen molar-refractivity contribution in [3.8, 4) is 0 Å². The predicted octanol–water partition coefficient (Wildman–Crippen LogP) is 5.33. The van der Waals surface area contributed by atoms with Gasteiger partial charge >= 0.3 is 0 Å². The molecule has 0 saturated heterocycles. The minimum Gasteiger partial charge on any atom is -0.306 e. The third-order valence-electron chi connectivity index (χ3n) is 3.07. The molecule has 2 aromatic rings.